The third-order valence-corrected chi connectivity index (χ3v) is 7.86. The molecule has 1 aliphatic heterocycles. The number of para-hydroxylation sites is 1. The Kier molecular flexibility index (Phi) is 9.74. The van der Waals surface area contributed by atoms with E-state index < -0.39 is 17.9 Å². The molecule has 1 saturated heterocycles. The van der Waals surface area contributed by atoms with E-state index in [0.29, 0.717) is 23.5 Å². The van der Waals surface area contributed by atoms with E-state index in [0.717, 1.165) is 47.8 Å². The SMILES string of the molecule is O=C(CN1CCCCC1)Nc1ccccc1C(=N[C@H](C(=O)O)[C@@H](CCO)c1ccc2ccccc2c1)c1ccccc1. The van der Waals surface area contributed by atoms with E-state index in [1.807, 2.05) is 97.1 Å². The molecule has 0 spiro atoms. The summed E-state index contributed by atoms with van der Waals surface area (Å²) in [6.07, 6.45) is 3.61. The van der Waals surface area contributed by atoms with Crippen LogP contribution in [0.5, 0.6) is 0 Å². The van der Waals surface area contributed by atoms with E-state index in [-0.39, 0.29) is 18.9 Å². The van der Waals surface area contributed by atoms with Crippen LogP contribution in [0.3, 0.4) is 0 Å². The fourth-order valence-electron chi connectivity index (χ4n) is 5.75. The fraction of sp³-hybridized carbons (Fsp3) is 0.286. The Morgan fingerprint density at radius 1 is 0.833 bits per heavy atom. The number of hydrogen-bond donors (Lipinski definition) is 3. The summed E-state index contributed by atoms with van der Waals surface area (Å²) < 4.78 is 0. The minimum Gasteiger partial charge on any atom is -0.480 e. The zero-order valence-electron chi connectivity index (χ0n) is 23.7. The molecule has 4 aromatic carbocycles. The molecule has 5 rings (SSSR count). The van der Waals surface area contributed by atoms with Gasteiger partial charge in [-0.25, -0.2) is 4.79 Å². The molecule has 7 heteroatoms. The van der Waals surface area contributed by atoms with Crippen molar-refractivity contribution in [3.63, 3.8) is 0 Å². The molecular formula is C35H37N3O4. The van der Waals surface area contributed by atoms with E-state index in [4.69, 9.17) is 4.99 Å². The number of amides is 1. The van der Waals surface area contributed by atoms with Gasteiger partial charge in [-0.05, 0) is 54.8 Å². The molecule has 4 aromatic rings. The number of benzene rings is 4. The van der Waals surface area contributed by atoms with Gasteiger partial charge in [-0.1, -0.05) is 97.4 Å². The summed E-state index contributed by atoms with van der Waals surface area (Å²) in [6.45, 7) is 1.95. The Hall–Kier alpha value is -4.33. The van der Waals surface area contributed by atoms with Crippen LogP contribution in [0.15, 0.2) is 102 Å². The standard InChI is InChI=1S/C35H37N3O4/c39-22-19-29(28-18-17-25-11-5-6-14-27(25)23-28)34(35(41)42)37-33(26-12-3-1-4-13-26)30-15-7-8-16-31(30)36-32(40)24-38-20-9-2-10-21-38/h1,3-8,11-18,23,29,34,39H,2,9-10,19-22,24H2,(H,36,40)(H,41,42)/t29-,34-/m0/s1. The van der Waals surface area contributed by atoms with E-state index in [2.05, 4.69) is 10.2 Å². The van der Waals surface area contributed by atoms with Crippen LogP contribution in [0.25, 0.3) is 10.8 Å². The molecule has 0 bridgehead atoms. The van der Waals surface area contributed by atoms with Gasteiger partial charge in [-0.15, -0.1) is 0 Å². The maximum Gasteiger partial charge on any atom is 0.329 e. The van der Waals surface area contributed by atoms with Crippen molar-refractivity contribution in [2.45, 2.75) is 37.6 Å². The monoisotopic (exact) mass is 563 g/mol. The summed E-state index contributed by atoms with van der Waals surface area (Å²) in [6, 6.07) is 29.5. The van der Waals surface area contributed by atoms with Crippen molar-refractivity contribution >= 4 is 34.0 Å². The summed E-state index contributed by atoms with van der Waals surface area (Å²) >= 11 is 0. The molecule has 1 amide bonds. The second-order valence-corrected chi connectivity index (χ2v) is 10.8. The van der Waals surface area contributed by atoms with Gasteiger partial charge in [0, 0.05) is 23.7 Å². The minimum atomic E-state index is -1.18. The lowest BCUT2D eigenvalue weighted by atomic mass is 9.87. The van der Waals surface area contributed by atoms with Gasteiger partial charge in [0.1, 0.15) is 0 Å². The number of carbonyl (C=O) groups is 2. The van der Waals surface area contributed by atoms with Crippen molar-refractivity contribution in [3.05, 3.63) is 114 Å². The molecule has 0 aliphatic carbocycles. The van der Waals surface area contributed by atoms with Gasteiger partial charge in [-0.2, -0.15) is 0 Å². The highest BCUT2D eigenvalue weighted by Gasteiger charge is 2.30. The van der Waals surface area contributed by atoms with Crippen molar-refractivity contribution in [1.82, 2.24) is 4.90 Å². The maximum atomic E-state index is 13.1. The summed E-state index contributed by atoms with van der Waals surface area (Å²) in [4.78, 5) is 33.0. The van der Waals surface area contributed by atoms with Crippen molar-refractivity contribution in [2.24, 2.45) is 4.99 Å². The number of nitrogens with zero attached hydrogens (tertiary/aromatic N) is 2. The minimum absolute atomic E-state index is 0.110. The maximum absolute atomic E-state index is 13.1. The van der Waals surface area contributed by atoms with Gasteiger partial charge in [0.15, 0.2) is 6.04 Å². The van der Waals surface area contributed by atoms with Gasteiger partial charge in [0.05, 0.1) is 17.9 Å². The third-order valence-electron chi connectivity index (χ3n) is 7.86. The molecule has 0 radical (unpaired) electrons. The van der Waals surface area contributed by atoms with Crippen molar-refractivity contribution in [2.75, 3.05) is 31.6 Å². The van der Waals surface area contributed by atoms with E-state index in [9.17, 15) is 19.8 Å². The number of carboxylic acid groups (broad SMARTS) is 1. The first kappa shape index (κ1) is 29.2. The number of carbonyl (C=O) groups excluding carboxylic acids is 1. The van der Waals surface area contributed by atoms with Gasteiger partial charge < -0.3 is 15.5 Å². The second-order valence-electron chi connectivity index (χ2n) is 10.8. The third kappa shape index (κ3) is 7.11. The molecule has 7 nitrogen and oxygen atoms in total. The Morgan fingerprint density at radius 2 is 1.52 bits per heavy atom. The first-order valence-corrected chi connectivity index (χ1v) is 14.6. The highest BCUT2D eigenvalue weighted by molar-refractivity contribution is 6.17. The lowest BCUT2D eigenvalue weighted by molar-refractivity contribution is -0.139. The summed E-state index contributed by atoms with van der Waals surface area (Å²) in [5.41, 5.74) is 3.23. The normalized spacial score (nSPS) is 15.7. The van der Waals surface area contributed by atoms with Gasteiger partial charge in [-0.3, -0.25) is 14.7 Å². The fourth-order valence-corrected chi connectivity index (χ4v) is 5.75. The van der Waals surface area contributed by atoms with Crippen molar-refractivity contribution < 1.29 is 19.8 Å². The molecule has 42 heavy (non-hydrogen) atoms. The van der Waals surface area contributed by atoms with Crippen LogP contribution in [0.4, 0.5) is 5.69 Å². The van der Waals surface area contributed by atoms with Gasteiger partial charge in [0.2, 0.25) is 5.91 Å². The van der Waals surface area contributed by atoms with E-state index >= 15 is 0 Å². The summed E-state index contributed by atoms with van der Waals surface area (Å²) in [5, 5.41) is 25.6. The molecule has 2 atom stereocenters. The van der Waals surface area contributed by atoms with E-state index in [1.54, 1.807) is 0 Å². The number of anilines is 1. The Bertz CT molecular complexity index is 1550. The molecule has 0 aromatic heterocycles. The average molecular weight is 564 g/mol. The van der Waals surface area contributed by atoms with Crippen LogP contribution >= 0.6 is 0 Å². The largest absolute Gasteiger partial charge is 0.480 e. The van der Waals surface area contributed by atoms with Crippen molar-refractivity contribution in [1.29, 1.82) is 0 Å². The van der Waals surface area contributed by atoms with Crippen LogP contribution in [-0.2, 0) is 9.59 Å². The Morgan fingerprint density at radius 3 is 2.26 bits per heavy atom. The number of aliphatic hydroxyl groups excluding tert-OH is 1. The first-order chi connectivity index (χ1) is 20.5. The molecule has 0 saturated carbocycles. The van der Waals surface area contributed by atoms with Crippen LogP contribution in [0.2, 0.25) is 0 Å². The zero-order chi connectivity index (χ0) is 29.3. The van der Waals surface area contributed by atoms with Crippen LogP contribution in [0, 0.1) is 0 Å². The number of likely N-dealkylation sites (tertiary alicyclic amines) is 1. The van der Waals surface area contributed by atoms with E-state index in [1.165, 1.54) is 6.42 Å². The Labute approximate surface area is 246 Å². The number of aliphatic hydroxyl groups is 1. The molecule has 1 fully saturated rings. The number of aliphatic imine (C=N–C) groups is 1. The molecule has 3 N–H and O–H groups in total. The molecule has 1 aliphatic rings. The number of carboxylic acids is 1. The predicted octanol–water partition coefficient (Wildman–Crippen LogP) is 5.72. The van der Waals surface area contributed by atoms with Crippen LogP contribution < -0.4 is 5.32 Å². The number of nitrogens with one attached hydrogen (secondary N) is 1. The quantitative estimate of drug-likeness (QED) is 0.203. The first-order valence-electron chi connectivity index (χ1n) is 14.6. The molecular weight excluding hydrogens is 526 g/mol. The lowest BCUT2D eigenvalue weighted by Gasteiger charge is -2.26. The lowest BCUT2D eigenvalue weighted by Crippen LogP contribution is -2.37. The molecule has 0 unspecified atom stereocenters. The molecule has 216 valence electrons. The summed E-state index contributed by atoms with van der Waals surface area (Å²) in [5.74, 6) is -1.76. The Balaban J connectivity index is 1.55. The number of rotatable bonds is 11. The topological polar surface area (TPSA) is 102 Å². The second kappa shape index (κ2) is 14.0. The van der Waals surface area contributed by atoms with Gasteiger partial charge in [0.25, 0.3) is 0 Å². The number of hydrogen-bond acceptors (Lipinski definition) is 5. The van der Waals surface area contributed by atoms with Crippen molar-refractivity contribution in [3.8, 4) is 0 Å². The average Bonchev–Trinajstić information content (AvgIpc) is 3.02. The van der Waals surface area contributed by atoms with Crippen LogP contribution in [0.1, 0.15) is 48.3 Å². The highest BCUT2D eigenvalue weighted by Crippen LogP contribution is 2.31. The smallest absolute Gasteiger partial charge is 0.329 e. The number of piperidine rings is 1. The molecule has 1 heterocycles. The number of fused-ring (bicyclic) bond motifs is 1. The van der Waals surface area contributed by atoms with Gasteiger partial charge >= 0.3 is 5.97 Å². The van der Waals surface area contributed by atoms with Crippen LogP contribution in [-0.4, -0.2) is 65.0 Å². The predicted molar refractivity (Wildman–Crippen MR) is 167 cm³/mol. The summed E-state index contributed by atoms with van der Waals surface area (Å²) in [7, 11) is 0. The number of aliphatic carboxylic acids is 1. The zero-order valence-corrected chi connectivity index (χ0v) is 23.7. The highest BCUT2D eigenvalue weighted by atomic mass is 16.4.